The van der Waals surface area contributed by atoms with E-state index in [2.05, 4.69) is 102 Å². The number of para-hydroxylation sites is 2. The lowest BCUT2D eigenvalue weighted by molar-refractivity contribution is 1.02. The lowest BCUT2D eigenvalue weighted by atomic mass is 10.1. The van der Waals surface area contributed by atoms with Gasteiger partial charge in [0.25, 0.3) is 0 Å². The van der Waals surface area contributed by atoms with Gasteiger partial charge in [0, 0.05) is 31.8 Å². The van der Waals surface area contributed by atoms with Gasteiger partial charge < -0.3 is 0 Å². The standard InChI is InChI=1S/C28H17N3S/c1-2-10-18(11-3-1)26-25-21-14-6-9-17-24(21)32-27(25)30-28(29-26)31-22-15-7-4-12-19(22)20-13-5-8-16-23(20)31/h1-17H. The fraction of sp³-hybridized carbons (Fsp3) is 0. The molecule has 0 saturated heterocycles. The van der Waals surface area contributed by atoms with Crippen LogP contribution >= 0.6 is 11.3 Å². The first-order chi connectivity index (χ1) is 15.9. The molecule has 3 nitrogen and oxygen atoms in total. The van der Waals surface area contributed by atoms with Gasteiger partial charge in [0.2, 0.25) is 5.95 Å². The fourth-order valence-electron chi connectivity index (χ4n) is 4.65. The summed E-state index contributed by atoms with van der Waals surface area (Å²) >= 11 is 1.73. The van der Waals surface area contributed by atoms with E-state index in [0.29, 0.717) is 5.95 Å². The van der Waals surface area contributed by atoms with Crippen molar-refractivity contribution in [2.45, 2.75) is 0 Å². The number of thiophene rings is 1. The van der Waals surface area contributed by atoms with Crippen LogP contribution in [0, 0.1) is 0 Å². The second-order valence-electron chi connectivity index (χ2n) is 7.89. The van der Waals surface area contributed by atoms with Crippen molar-refractivity contribution in [3.05, 3.63) is 103 Å². The van der Waals surface area contributed by atoms with Gasteiger partial charge in [-0.1, -0.05) is 84.9 Å². The van der Waals surface area contributed by atoms with Crippen molar-refractivity contribution in [2.75, 3.05) is 0 Å². The molecule has 3 heterocycles. The Bertz CT molecular complexity index is 1720. The minimum Gasteiger partial charge on any atom is -0.278 e. The second-order valence-corrected chi connectivity index (χ2v) is 8.92. The highest BCUT2D eigenvalue weighted by Gasteiger charge is 2.19. The molecular formula is C28H17N3S. The quantitative estimate of drug-likeness (QED) is 0.284. The van der Waals surface area contributed by atoms with Crippen LogP contribution in [0.3, 0.4) is 0 Å². The number of rotatable bonds is 2. The summed E-state index contributed by atoms with van der Waals surface area (Å²) in [6, 6.07) is 35.9. The maximum absolute atomic E-state index is 5.19. The van der Waals surface area contributed by atoms with Crippen LogP contribution in [0.25, 0.3) is 59.3 Å². The molecule has 32 heavy (non-hydrogen) atoms. The van der Waals surface area contributed by atoms with E-state index in [1.165, 1.54) is 20.9 Å². The molecule has 4 heteroatoms. The molecule has 7 rings (SSSR count). The maximum Gasteiger partial charge on any atom is 0.236 e. The van der Waals surface area contributed by atoms with Crippen LogP contribution in [0.2, 0.25) is 0 Å². The Kier molecular flexibility index (Phi) is 3.72. The minimum atomic E-state index is 0.709. The van der Waals surface area contributed by atoms with Crippen molar-refractivity contribution in [2.24, 2.45) is 0 Å². The summed E-state index contributed by atoms with van der Waals surface area (Å²) in [4.78, 5) is 11.3. The van der Waals surface area contributed by atoms with Crippen molar-refractivity contribution in [3.8, 4) is 17.2 Å². The molecule has 0 aliphatic rings. The van der Waals surface area contributed by atoms with E-state index in [9.17, 15) is 0 Å². The number of benzene rings is 4. The van der Waals surface area contributed by atoms with Crippen LogP contribution in [-0.4, -0.2) is 14.5 Å². The zero-order valence-corrected chi connectivity index (χ0v) is 17.9. The smallest absolute Gasteiger partial charge is 0.236 e. The molecule has 0 amide bonds. The Labute approximate surface area is 188 Å². The predicted octanol–water partition coefficient (Wildman–Crippen LogP) is 7.61. The molecule has 0 atom stereocenters. The summed E-state index contributed by atoms with van der Waals surface area (Å²) in [6.07, 6.45) is 0. The van der Waals surface area contributed by atoms with E-state index in [1.807, 2.05) is 6.07 Å². The van der Waals surface area contributed by atoms with Crippen LogP contribution in [-0.2, 0) is 0 Å². The molecule has 0 N–H and O–H groups in total. The predicted molar refractivity (Wildman–Crippen MR) is 135 cm³/mol. The normalized spacial score (nSPS) is 11.8. The van der Waals surface area contributed by atoms with E-state index in [4.69, 9.17) is 9.97 Å². The number of hydrogen-bond acceptors (Lipinski definition) is 3. The zero-order valence-electron chi connectivity index (χ0n) is 17.1. The van der Waals surface area contributed by atoms with Crippen molar-refractivity contribution >= 4 is 53.4 Å². The molecule has 4 aromatic carbocycles. The zero-order chi connectivity index (χ0) is 21.1. The average molecular weight is 428 g/mol. The molecule has 0 aliphatic heterocycles. The Morgan fingerprint density at radius 1 is 0.562 bits per heavy atom. The van der Waals surface area contributed by atoms with Gasteiger partial charge in [0.05, 0.1) is 16.7 Å². The van der Waals surface area contributed by atoms with E-state index in [0.717, 1.165) is 32.5 Å². The van der Waals surface area contributed by atoms with Crippen LogP contribution in [0.4, 0.5) is 0 Å². The maximum atomic E-state index is 5.19. The van der Waals surface area contributed by atoms with Gasteiger partial charge in [-0.25, -0.2) is 9.97 Å². The van der Waals surface area contributed by atoms with Gasteiger partial charge >= 0.3 is 0 Å². The molecule has 0 radical (unpaired) electrons. The molecule has 7 aromatic rings. The summed E-state index contributed by atoms with van der Waals surface area (Å²) in [5, 5.41) is 4.76. The Hall–Kier alpha value is -4.02. The summed E-state index contributed by atoms with van der Waals surface area (Å²) < 4.78 is 3.43. The molecule has 0 bridgehead atoms. The van der Waals surface area contributed by atoms with Crippen LogP contribution in [0.1, 0.15) is 0 Å². The topological polar surface area (TPSA) is 30.7 Å². The van der Waals surface area contributed by atoms with Gasteiger partial charge in [-0.05, 0) is 18.2 Å². The van der Waals surface area contributed by atoms with E-state index >= 15 is 0 Å². The van der Waals surface area contributed by atoms with Gasteiger partial charge in [-0.2, -0.15) is 0 Å². The third-order valence-electron chi connectivity index (χ3n) is 6.05. The summed E-state index contributed by atoms with van der Waals surface area (Å²) in [5.74, 6) is 0.709. The number of nitrogens with zero attached hydrogens (tertiary/aromatic N) is 3. The third-order valence-corrected chi connectivity index (χ3v) is 7.12. The lowest BCUT2D eigenvalue weighted by Gasteiger charge is -2.10. The van der Waals surface area contributed by atoms with E-state index in [-0.39, 0.29) is 0 Å². The SMILES string of the molecule is c1ccc(-c2nc(-n3c4ccccc4c4ccccc43)nc3sc4ccccc4c23)cc1. The monoisotopic (exact) mass is 427 g/mol. The first-order valence-corrected chi connectivity index (χ1v) is 11.4. The highest BCUT2D eigenvalue weighted by molar-refractivity contribution is 7.25. The fourth-order valence-corrected chi connectivity index (χ4v) is 5.73. The number of hydrogen-bond donors (Lipinski definition) is 0. The summed E-state index contributed by atoms with van der Waals surface area (Å²) in [5.41, 5.74) is 4.32. The Morgan fingerprint density at radius 3 is 1.88 bits per heavy atom. The number of fused-ring (bicyclic) bond motifs is 6. The van der Waals surface area contributed by atoms with Crippen molar-refractivity contribution < 1.29 is 0 Å². The molecule has 3 aromatic heterocycles. The van der Waals surface area contributed by atoms with Gasteiger partial charge in [-0.3, -0.25) is 4.57 Å². The average Bonchev–Trinajstić information content (AvgIpc) is 3.40. The summed E-state index contributed by atoms with van der Waals surface area (Å²) in [7, 11) is 0. The second kappa shape index (κ2) is 6.74. The van der Waals surface area contributed by atoms with Crippen LogP contribution < -0.4 is 0 Å². The highest BCUT2D eigenvalue weighted by atomic mass is 32.1. The minimum absolute atomic E-state index is 0.709. The third kappa shape index (κ3) is 2.47. The molecule has 0 spiro atoms. The van der Waals surface area contributed by atoms with Gasteiger partial charge in [0.15, 0.2) is 0 Å². The Balaban J connectivity index is 1.65. The summed E-state index contributed by atoms with van der Waals surface area (Å²) in [6.45, 7) is 0. The largest absolute Gasteiger partial charge is 0.278 e. The highest BCUT2D eigenvalue weighted by Crippen LogP contribution is 2.39. The number of aromatic nitrogens is 3. The first-order valence-electron chi connectivity index (χ1n) is 10.6. The van der Waals surface area contributed by atoms with Crippen molar-refractivity contribution in [3.63, 3.8) is 0 Å². The van der Waals surface area contributed by atoms with E-state index < -0.39 is 0 Å². The van der Waals surface area contributed by atoms with Crippen molar-refractivity contribution in [1.82, 2.24) is 14.5 Å². The van der Waals surface area contributed by atoms with Crippen LogP contribution in [0.5, 0.6) is 0 Å². The molecule has 0 unspecified atom stereocenters. The molecule has 0 fully saturated rings. The van der Waals surface area contributed by atoms with Gasteiger partial charge in [0.1, 0.15) is 4.83 Å². The van der Waals surface area contributed by atoms with E-state index in [1.54, 1.807) is 11.3 Å². The van der Waals surface area contributed by atoms with Crippen LogP contribution in [0.15, 0.2) is 103 Å². The molecular weight excluding hydrogens is 410 g/mol. The molecule has 0 aliphatic carbocycles. The first kappa shape index (κ1) is 17.6. The lowest BCUT2D eigenvalue weighted by Crippen LogP contribution is -2.02. The molecule has 150 valence electrons. The van der Waals surface area contributed by atoms with Gasteiger partial charge in [-0.15, -0.1) is 11.3 Å². The van der Waals surface area contributed by atoms with Crippen molar-refractivity contribution in [1.29, 1.82) is 0 Å². The molecule has 0 saturated carbocycles. The Morgan fingerprint density at radius 2 is 1.16 bits per heavy atom.